The lowest BCUT2D eigenvalue weighted by Crippen LogP contribution is -2.29. The zero-order valence-corrected chi connectivity index (χ0v) is 13.2. The maximum Gasteiger partial charge on any atom is 0.266 e. The van der Waals surface area contributed by atoms with Gasteiger partial charge in [-0.2, -0.15) is 0 Å². The van der Waals surface area contributed by atoms with Gasteiger partial charge in [0.2, 0.25) is 5.91 Å². The molecule has 0 fully saturated rings. The van der Waals surface area contributed by atoms with E-state index in [9.17, 15) is 14.4 Å². The molecule has 1 heterocycles. The molecular formula is C16H11BrN2O3. The second-order valence-electron chi connectivity index (χ2n) is 4.87. The Balaban J connectivity index is 2.02. The monoisotopic (exact) mass is 358 g/mol. The van der Waals surface area contributed by atoms with Crippen LogP contribution in [0.1, 0.15) is 27.6 Å². The van der Waals surface area contributed by atoms with Crippen molar-refractivity contribution in [3.63, 3.8) is 0 Å². The van der Waals surface area contributed by atoms with Gasteiger partial charge in [0, 0.05) is 17.1 Å². The third-order valence-corrected chi connectivity index (χ3v) is 3.77. The number of nitrogens with one attached hydrogen (secondary N) is 1. The van der Waals surface area contributed by atoms with Crippen molar-refractivity contribution in [2.75, 3.05) is 10.2 Å². The number of carbonyl (C=O) groups is 3. The number of carbonyl (C=O) groups excluding carboxylic acids is 3. The van der Waals surface area contributed by atoms with E-state index in [-0.39, 0.29) is 17.7 Å². The summed E-state index contributed by atoms with van der Waals surface area (Å²) < 4.78 is 0.737. The van der Waals surface area contributed by atoms with E-state index in [0.29, 0.717) is 22.5 Å². The first-order chi connectivity index (χ1) is 10.5. The van der Waals surface area contributed by atoms with Crippen molar-refractivity contribution >= 4 is 45.0 Å². The molecule has 0 unspecified atom stereocenters. The fourth-order valence-corrected chi connectivity index (χ4v) is 2.73. The number of benzene rings is 2. The lowest BCUT2D eigenvalue weighted by molar-refractivity contribution is -0.114. The highest BCUT2D eigenvalue weighted by Gasteiger charge is 2.36. The number of halogens is 1. The minimum atomic E-state index is -0.374. The number of hydrogen-bond donors (Lipinski definition) is 1. The lowest BCUT2D eigenvalue weighted by Gasteiger charge is -2.15. The van der Waals surface area contributed by atoms with Gasteiger partial charge in [0.1, 0.15) is 0 Å². The Kier molecular flexibility index (Phi) is 3.54. The normalized spacial score (nSPS) is 13.3. The van der Waals surface area contributed by atoms with Gasteiger partial charge in [0.05, 0.1) is 16.8 Å². The first-order valence-corrected chi connectivity index (χ1v) is 7.32. The highest BCUT2D eigenvalue weighted by molar-refractivity contribution is 9.10. The molecule has 0 saturated heterocycles. The molecule has 0 spiro atoms. The number of hydrogen-bond acceptors (Lipinski definition) is 3. The van der Waals surface area contributed by atoms with Crippen molar-refractivity contribution in [1.29, 1.82) is 0 Å². The van der Waals surface area contributed by atoms with Gasteiger partial charge in [-0.25, -0.2) is 4.90 Å². The predicted octanol–water partition coefficient (Wildman–Crippen LogP) is 3.21. The molecule has 110 valence electrons. The van der Waals surface area contributed by atoms with Crippen molar-refractivity contribution in [1.82, 2.24) is 0 Å². The molecule has 2 aromatic carbocycles. The van der Waals surface area contributed by atoms with Gasteiger partial charge >= 0.3 is 0 Å². The molecule has 3 rings (SSSR count). The predicted molar refractivity (Wildman–Crippen MR) is 86.0 cm³/mol. The quantitative estimate of drug-likeness (QED) is 0.838. The number of fused-ring (bicyclic) bond motifs is 1. The summed E-state index contributed by atoms with van der Waals surface area (Å²) in [4.78, 5) is 37.2. The van der Waals surface area contributed by atoms with Gasteiger partial charge in [-0.15, -0.1) is 0 Å². The number of nitrogens with zero attached hydrogens (tertiary/aromatic N) is 1. The molecule has 0 atom stereocenters. The maximum atomic E-state index is 12.5. The van der Waals surface area contributed by atoms with Crippen molar-refractivity contribution in [2.24, 2.45) is 0 Å². The van der Waals surface area contributed by atoms with Crippen molar-refractivity contribution in [3.05, 3.63) is 58.1 Å². The summed E-state index contributed by atoms with van der Waals surface area (Å²) in [7, 11) is 0. The molecule has 0 aromatic heterocycles. The minimum absolute atomic E-state index is 0.219. The summed E-state index contributed by atoms with van der Waals surface area (Å²) in [6.45, 7) is 1.40. The highest BCUT2D eigenvalue weighted by atomic mass is 79.9. The van der Waals surface area contributed by atoms with Gasteiger partial charge in [-0.05, 0) is 36.4 Å². The van der Waals surface area contributed by atoms with Crippen LogP contribution in [0.4, 0.5) is 11.4 Å². The first kappa shape index (κ1) is 14.5. The summed E-state index contributed by atoms with van der Waals surface area (Å²) in [5, 5.41) is 2.63. The van der Waals surface area contributed by atoms with Crippen molar-refractivity contribution in [3.8, 4) is 0 Å². The van der Waals surface area contributed by atoms with E-state index in [4.69, 9.17) is 0 Å². The second-order valence-corrected chi connectivity index (χ2v) is 5.78. The van der Waals surface area contributed by atoms with Crippen LogP contribution < -0.4 is 10.2 Å². The highest BCUT2D eigenvalue weighted by Crippen LogP contribution is 2.31. The molecule has 1 aliphatic rings. The molecule has 0 radical (unpaired) electrons. The van der Waals surface area contributed by atoms with Crippen LogP contribution in [0.3, 0.4) is 0 Å². The Hall–Kier alpha value is -2.47. The number of imide groups is 1. The summed E-state index contributed by atoms with van der Waals surface area (Å²) in [6, 6.07) is 11.6. The number of anilines is 2. The molecule has 1 N–H and O–H groups in total. The topological polar surface area (TPSA) is 66.5 Å². The summed E-state index contributed by atoms with van der Waals surface area (Å²) >= 11 is 3.30. The molecule has 2 aromatic rings. The molecule has 3 amide bonds. The Morgan fingerprint density at radius 1 is 1.05 bits per heavy atom. The lowest BCUT2D eigenvalue weighted by atomic mass is 10.1. The van der Waals surface area contributed by atoms with E-state index in [1.54, 1.807) is 42.5 Å². The minimum Gasteiger partial charge on any atom is -0.326 e. The van der Waals surface area contributed by atoms with Gasteiger partial charge in [-0.3, -0.25) is 14.4 Å². The van der Waals surface area contributed by atoms with E-state index >= 15 is 0 Å². The fraction of sp³-hybridized carbons (Fsp3) is 0.0625. The molecule has 5 nitrogen and oxygen atoms in total. The summed E-state index contributed by atoms with van der Waals surface area (Å²) in [5.74, 6) is -0.961. The van der Waals surface area contributed by atoms with Crippen molar-refractivity contribution in [2.45, 2.75) is 6.92 Å². The third-order valence-electron chi connectivity index (χ3n) is 3.27. The Morgan fingerprint density at radius 2 is 1.77 bits per heavy atom. The largest absolute Gasteiger partial charge is 0.326 e. The zero-order chi connectivity index (χ0) is 15.9. The number of rotatable bonds is 2. The van der Waals surface area contributed by atoms with Gasteiger partial charge in [0.15, 0.2) is 0 Å². The fourth-order valence-electron chi connectivity index (χ4n) is 2.37. The van der Waals surface area contributed by atoms with Crippen LogP contribution in [0.5, 0.6) is 0 Å². The third kappa shape index (κ3) is 2.42. The van der Waals surface area contributed by atoms with Gasteiger partial charge < -0.3 is 5.32 Å². The molecule has 6 heteroatoms. The zero-order valence-electron chi connectivity index (χ0n) is 11.6. The van der Waals surface area contributed by atoms with E-state index in [1.165, 1.54) is 6.92 Å². The SMILES string of the molecule is CC(=O)Nc1cccc(N2C(=O)c3ccc(Br)cc3C2=O)c1. The van der Waals surface area contributed by atoms with E-state index in [2.05, 4.69) is 21.2 Å². The average Bonchev–Trinajstić information content (AvgIpc) is 2.70. The molecule has 0 saturated carbocycles. The van der Waals surface area contributed by atoms with Crippen LogP contribution in [0.15, 0.2) is 46.9 Å². The van der Waals surface area contributed by atoms with E-state index < -0.39 is 0 Å². The van der Waals surface area contributed by atoms with Crippen LogP contribution in [0.25, 0.3) is 0 Å². The first-order valence-electron chi connectivity index (χ1n) is 6.53. The smallest absolute Gasteiger partial charge is 0.266 e. The standard InChI is InChI=1S/C16H11BrN2O3/c1-9(20)18-11-3-2-4-12(8-11)19-15(21)13-6-5-10(17)7-14(13)16(19)22/h2-8H,1H3,(H,18,20). The number of amides is 3. The van der Waals surface area contributed by atoms with Crippen LogP contribution in [0, 0.1) is 0 Å². The molecule has 1 aliphatic heterocycles. The van der Waals surface area contributed by atoms with Crippen LogP contribution >= 0.6 is 15.9 Å². The second kappa shape index (κ2) is 5.38. The summed E-state index contributed by atoms with van der Waals surface area (Å²) in [6.07, 6.45) is 0. The Morgan fingerprint density at radius 3 is 2.50 bits per heavy atom. The van der Waals surface area contributed by atoms with Crippen LogP contribution in [-0.4, -0.2) is 17.7 Å². The molecule has 0 bridgehead atoms. The average molecular weight is 359 g/mol. The molecule has 22 heavy (non-hydrogen) atoms. The van der Waals surface area contributed by atoms with E-state index in [1.807, 2.05) is 0 Å². The van der Waals surface area contributed by atoms with Crippen LogP contribution in [0.2, 0.25) is 0 Å². The Bertz CT molecular complexity index is 817. The Labute approximate surface area is 135 Å². The van der Waals surface area contributed by atoms with Gasteiger partial charge in [0.25, 0.3) is 11.8 Å². The summed E-state index contributed by atoms with van der Waals surface area (Å²) in [5.41, 5.74) is 1.69. The maximum absolute atomic E-state index is 12.5. The van der Waals surface area contributed by atoms with E-state index in [0.717, 1.165) is 9.37 Å². The van der Waals surface area contributed by atoms with Crippen molar-refractivity contribution < 1.29 is 14.4 Å². The van der Waals surface area contributed by atoms with Gasteiger partial charge in [-0.1, -0.05) is 22.0 Å². The molecule has 0 aliphatic carbocycles. The molecular weight excluding hydrogens is 348 g/mol. The van der Waals surface area contributed by atoms with Crippen LogP contribution in [-0.2, 0) is 4.79 Å².